The third-order valence-corrected chi connectivity index (χ3v) is 5.94. The van der Waals surface area contributed by atoms with E-state index in [9.17, 15) is 14.4 Å². The third-order valence-electron chi connectivity index (χ3n) is 5.94. The number of hydrogen-bond acceptors (Lipinski definition) is 9. The first-order valence-electron chi connectivity index (χ1n) is 12.2. The standard InChI is InChI=1S/C20H28N4O.C6H8O7/c1-16(2)20-21-13-17(14-22-20)15-23-8-5-9-24(11-10-23)18-6-4-7-19(12-18)25-3;7-3(8)1-6(13,5(11)12)2-4(9)10/h4,6-7,12-14,16H,5,8-11,15H2,1-3H3;13H,1-2H2,(H,7,8)(H,9,10)(H,11,12). The van der Waals surface area contributed by atoms with Crippen LogP contribution in [0.25, 0.3) is 0 Å². The van der Waals surface area contributed by atoms with Crippen molar-refractivity contribution in [2.24, 2.45) is 0 Å². The molecule has 1 saturated heterocycles. The smallest absolute Gasteiger partial charge is 0.336 e. The van der Waals surface area contributed by atoms with Crippen molar-refractivity contribution in [3.63, 3.8) is 0 Å². The average Bonchev–Trinajstić information content (AvgIpc) is 3.09. The quantitative estimate of drug-likeness (QED) is 0.351. The van der Waals surface area contributed by atoms with Crippen LogP contribution in [0.2, 0.25) is 0 Å². The van der Waals surface area contributed by atoms with E-state index in [0.29, 0.717) is 5.92 Å². The topological polar surface area (TPSA) is 174 Å². The van der Waals surface area contributed by atoms with Crippen molar-refractivity contribution in [1.29, 1.82) is 0 Å². The molecule has 12 heteroatoms. The van der Waals surface area contributed by atoms with Gasteiger partial charge >= 0.3 is 17.9 Å². The molecule has 2 heterocycles. The van der Waals surface area contributed by atoms with E-state index in [-0.39, 0.29) is 0 Å². The summed E-state index contributed by atoms with van der Waals surface area (Å²) in [6, 6.07) is 8.34. The van der Waals surface area contributed by atoms with Crippen molar-refractivity contribution in [2.75, 3.05) is 38.2 Å². The van der Waals surface area contributed by atoms with Gasteiger partial charge in [-0.15, -0.1) is 0 Å². The fourth-order valence-corrected chi connectivity index (χ4v) is 3.91. The molecular weight excluding hydrogens is 496 g/mol. The minimum atomic E-state index is -2.74. The second kappa shape index (κ2) is 14.2. The first-order valence-corrected chi connectivity index (χ1v) is 12.2. The Bertz CT molecular complexity index is 1060. The van der Waals surface area contributed by atoms with E-state index in [0.717, 1.165) is 50.7 Å². The Morgan fingerprint density at radius 2 is 1.63 bits per heavy atom. The maximum atomic E-state index is 10.3. The Kier molecular flexibility index (Phi) is 11.4. The highest BCUT2D eigenvalue weighted by atomic mass is 16.5. The zero-order valence-corrected chi connectivity index (χ0v) is 21.9. The molecule has 0 saturated carbocycles. The van der Waals surface area contributed by atoms with Gasteiger partial charge in [0.05, 0.1) is 20.0 Å². The number of ether oxygens (including phenoxy) is 1. The Balaban J connectivity index is 0.000000332. The van der Waals surface area contributed by atoms with Crippen LogP contribution in [-0.2, 0) is 20.9 Å². The number of methoxy groups -OCH3 is 1. The lowest BCUT2D eigenvalue weighted by atomic mass is 9.96. The van der Waals surface area contributed by atoms with Gasteiger partial charge in [0.2, 0.25) is 0 Å². The van der Waals surface area contributed by atoms with Crippen molar-refractivity contribution in [2.45, 2.75) is 51.2 Å². The van der Waals surface area contributed by atoms with E-state index in [1.165, 1.54) is 11.3 Å². The van der Waals surface area contributed by atoms with Crippen molar-refractivity contribution in [3.8, 4) is 5.75 Å². The largest absolute Gasteiger partial charge is 0.497 e. The first-order chi connectivity index (χ1) is 17.9. The maximum absolute atomic E-state index is 10.3. The highest BCUT2D eigenvalue weighted by molar-refractivity contribution is 5.88. The Morgan fingerprint density at radius 1 is 1.00 bits per heavy atom. The summed E-state index contributed by atoms with van der Waals surface area (Å²) in [5.41, 5.74) is -0.303. The molecule has 0 unspecified atom stereocenters. The number of aliphatic hydroxyl groups is 1. The molecule has 38 heavy (non-hydrogen) atoms. The zero-order valence-electron chi connectivity index (χ0n) is 21.9. The van der Waals surface area contributed by atoms with Crippen LogP contribution >= 0.6 is 0 Å². The van der Waals surface area contributed by atoms with Gasteiger partial charge in [-0.05, 0) is 18.6 Å². The van der Waals surface area contributed by atoms with Gasteiger partial charge in [0, 0.05) is 68.4 Å². The molecular formula is C26H36N4O8. The summed E-state index contributed by atoms with van der Waals surface area (Å²) >= 11 is 0. The molecule has 1 aromatic carbocycles. The van der Waals surface area contributed by atoms with Crippen molar-refractivity contribution >= 4 is 23.6 Å². The number of anilines is 1. The summed E-state index contributed by atoms with van der Waals surface area (Å²) in [5, 5.41) is 33.8. The minimum Gasteiger partial charge on any atom is -0.497 e. The number of aromatic nitrogens is 2. The summed E-state index contributed by atoms with van der Waals surface area (Å²) in [6.45, 7) is 9.42. The normalized spacial score (nSPS) is 14.3. The Hall–Kier alpha value is -3.77. The van der Waals surface area contributed by atoms with Crippen LogP contribution in [-0.4, -0.2) is 92.1 Å². The molecule has 208 valence electrons. The number of benzene rings is 1. The summed E-state index contributed by atoms with van der Waals surface area (Å²) < 4.78 is 5.35. The second-order valence-corrected chi connectivity index (χ2v) is 9.40. The van der Waals surface area contributed by atoms with Crippen LogP contribution in [0.4, 0.5) is 5.69 Å². The van der Waals surface area contributed by atoms with Gasteiger partial charge in [-0.2, -0.15) is 0 Å². The third kappa shape index (κ3) is 9.60. The number of hydrogen-bond donors (Lipinski definition) is 4. The fraction of sp³-hybridized carbons (Fsp3) is 0.500. The molecule has 0 aliphatic carbocycles. The van der Waals surface area contributed by atoms with Gasteiger partial charge in [-0.25, -0.2) is 14.8 Å². The molecule has 0 bridgehead atoms. The van der Waals surface area contributed by atoms with E-state index in [4.69, 9.17) is 25.2 Å². The average molecular weight is 533 g/mol. The minimum absolute atomic E-state index is 0.378. The van der Waals surface area contributed by atoms with E-state index in [2.05, 4.69) is 51.8 Å². The molecule has 3 rings (SSSR count). The fourth-order valence-electron chi connectivity index (χ4n) is 3.91. The molecule has 0 atom stereocenters. The van der Waals surface area contributed by atoms with Crippen LogP contribution in [0.15, 0.2) is 36.7 Å². The number of carboxylic acids is 3. The predicted octanol–water partition coefficient (Wildman–Crippen LogP) is 2.07. The number of aliphatic carboxylic acids is 3. The SMILES string of the molecule is COc1cccc(N2CCCN(Cc3cnc(C(C)C)nc3)CC2)c1.O=C(O)CC(O)(CC(=O)O)C(=O)O. The number of carbonyl (C=O) groups is 3. The van der Waals surface area contributed by atoms with Gasteiger partial charge in [0.25, 0.3) is 0 Å². The van der Waals surface area contributed by atoms with E-state index >= 15 is 0 Å². The van der Waals surface area contributed by atoms with Crippen molar-refractivity contribution < 1.29 is 39.5 Å². The summed E-state index contributed by atoms with van der Waals surface area (Å²) in [6.07, 6.45) is 2.82. The highest BCUT2D eigenvalue weighted by Gasteiger charge is 2.40. The second-order valence-electron chi connectivity index (χ2n) is 9.40. The molecule has 0 amide bonds. The molecule has 2 aromatic rings. The number of nitrogens with zero attached hydrogens (tertiary/aromatic N) is 4. The van der Waals surface area contributed by atoms with Crippen LogP contribution in [0.1, 0.15) is 50.4 Å². The van der Waals surface area contributed by atoms with E-state index in [1.807, 2.05) is 18.5 Å². The van der Waals surface area contributed by atoms with Crippen LogP contribution < -0.4 is 9.64 Å². The van der Waals surface area contributed by atoms with Gasteiger partial charge in [0.15, 0.2) is 5.60 Å². The molecule has 4 N–H and O–H groups in total. The van der Waals surface area contributed by atoms with Crippen molar-refractivity contribution in [1.82, 2.24) is 14.9 Å². The first kappa shape index (κ1) is 30.5. The van der Waals surface area contributed by atoms with Gasteiger partial charge in [0.1, 0.15) is 11.6 Å². The van der Waals surface area contributed by atoms with Gasteiger partial charge < -0.3 is 30.1 Å². The number of carboxylic acid groups (broad SMARTS) is 3. The van der Waals surface area contributed by atoms with Crippen LogP contribution in [0, 0.1) is 0 Å². The zero-order chi connectivity index (χ0) is 28.3. The summed E-state index contributed by atoms with van der Waals surface area (Å²) in [4.78, 5) is 44.4. The summed E-state index contributed by atoms with van der Waals surface area (Å²) in [5.74, 6) is -2.80. The summed E-state index contributed by atoms with van der Waals surface area (Å²) in [7, 11) is 1.72. The molecule has 1 aliphatic rings. The molecule has 1 aromatic heterocycles. The molecule has 1 fully saturated rings. The van der Waals surface area contributed by atoms with Crippen LogP contribution in [0.3, 0.4) is 0 Å². The lowest BCUT2D eigenvalue weighted by molar-refractivity contribution is -0.170. The predicted molar refractivity (Wildman–Crippen MR) is 138 cm³/mol. The molecule has 12 nitrogen and oxygen atoms in total. The maximum Gasteiger partial charge on any atom is 0.336 e. The molecule has 1 aliphatic heterocycles. The Labute approximate surface area is 221 Å². The van der Waals surface area contributed by atoms with Gasteiger partial charge in [-0.3, -0.25) is 14.5 Å². The molecule has 0 radical (unpaired) electrons. The van der Waals surface area contributed by atoms with E-state index < -0.39 is 36.4 Å². The van der Waals surface area contributed by atoms with Crippen LogP contribution in [0.5, 0.6) is 5.75 Å². The monoisotopic (exact) mass is 532 g/mol. The lowest BCUT2D eigenvalue weighted by Crippen LogP contribution is -2.42. The van der Waals surface area contributed by atoms with Crippen molar-refractivity contribution in [3.05, 3.63) is 48.0 Å². The Morgan fingerprint density at radius 3 is 2.16 bits per heavy atom. The van der Waals surface area contributed by atoms with E-state index in [1.54, 1.807) is 7.11 Å². The van der Waals surface area contributed by atoms with Gasteiger partial charge in [-0.1, -0.05) is 19.9 Å². The number of rotatable bonds is 10. The lowest BCUT2D eigenvalue weighted by Gasteiger charge is -2.24. The molecule has 0 spiro atoms. The highest BCUT2D eigenvalue weighted by Crippen LogP contribution is 2.22.